The number of likely N-dealkylation sites (tertiary alicyclic amines) is 1. The van der Waals surface area contributed by atoms with Crippen molar-refractivity contribution in [2.24, 2.45) is 0 Å². The first-order valence-corrected chi connectivity index (χ1v) is 3.77. The van der Waals surface area contributed by atoms with Crippen LogP contribution in [0, 0.1) is 0 Å². The third-order valence-corrected chi connectivity index (χ3v) is 2.38. The number of nitrogens with zero attached hydrogens (tertiary/aromatic N) is 1. The Hall–Kier alpha value is -0.0800. The van der Waals surface area contributed by atoms with Gasteiger partial charge in [-0.05, 0) is 13.0 Å². The molecule has 0 aromatic rings. The van der Waals surface area contributed by atoms with Crippen LogP contribution >= 0.6 is 0 Å². The summed E-state index contributed by atoms with van der Waals surface area (Å²) in [7, 11) is 0. The minimum atomic E-state index is 0.610. The quantitative estimate of drug-likeness (QED) is 0.501. The fourth-order valence-electron chi connectivity index (χ4n) is 1.55. The maximum atomic E-state index is 5.20. The van der Waals surface area contributed by atoms with Crippen LogP contribution in [0.15, 0.2) is 0 Å². The molecule has 0 aromatic heterocycles. The molecule has 2 nitrogen and oxygen atoms in total. The molecule has 2 rings (SSSR count). The molecule has 2 aliphatic heterocycles. The number of likely N-dealkylation sites (N-methyl/N-ethyl adjacent to an activating group) is 1. The Morgan fingerprint density at radius 3 is 2.78 bits per heavy atom. The standard InChI is InChI=1S/C7H13NO/c1-2-8-4-3-6(8)7-5-9-7/h6-7H,2-5H2,1H3. The Bertz CT molecular complexity index is 109. The Morgan fingerprint density at radius 1 is 1.67 bits per heavy atom. The third-order valence-electron chi connectivity index (χ3n) is 2.38. The van der Waals surface area contributed by atoms with E-state index in [1.54, 1.807) is 0 Å². The van der Waals surface area contributed by atoms with Crippen LogP contribution in [0.5, 0.6) is 0 Å². The van der Waals surface area contributed by atoms with E-state index >= 15 is 0 Å². The average molecular weight is 127 g/mol. The molecule has 0 radical (unpaired) electrons. The van der Waals surface area contributed by atoms with Crippen LogP contribution in [0.3, 0.4) is 0 Å². The van der Waals surface area contributed by atoms with Gasteiger partial charge >= 0.3 is 0 Å². The van der Waals surface area contributed by atoms with E-state index in [1.165, 1.54) is 19.5 Å². The zero-order chi connectivity index (χ0) is 6.27. The minimum Gasteiger partial charge on any atom is -0.371 e. The summed E-state index contributed by atoms with van der Waals surface area (Å²) in [6.07, 6.45) is 1.97. The smallest absolute Gasteiger partial charge is 0.0965 e. The van der Waals surface area contributed by atoms with Crippen LogP contribution < -0.4 is 0 Å². The molecule has 2 aliphatic rings. The number of rotatable bonds is 2. The molecule has 0 aliphatic carbocycles. The van der Waals surface area contributed by atoms with Crippen LogP contribution in [0.4, 0.5) is 0 Å². The second-order valence-corrected chi connectivity index (χ2v) is 2.86. The lowest BCUT2D eigenvalue weighted by atomic mass is 10.0. The minimum absolute atomic E-state index is 0.610. The van der Waals surface area contributed by atoms with Gasteiger partial charge in [0, 0.05) is 12.6 Å². The summed E-state index contributed by atoms with van der Waals surface area (Å²) in [6.45, 7) is 5.72. The Balaban J connectivity index is 1.83. The summed E-state index contributed by atoms with van der Waals surface area (Å²) in [5, 5.41) is 0. The predicted molar refractivity (Wildman–Crippen MR) is 35.4 cm³/mol. The van der Waals surface area contributed by atoms with E-state index in [2.05, 4.69) is 11.8 Å². The van der Waals surface area contributed by atoms with Crippen molar-refractivity contribution in [2.75, 3.05) is 19.7 Å². The number of epoxide rings is 1. The molecule has 9 heavy (non-hydrogen) atoms. The lowest BCUT2D eigenvalue weighted by Gasteiger charge is -2.39. The Morgan fingerprint density at radius 2 is 2.44 bits per heavy atom. The van der Waals surface area contributed by atoms with Gasteiger partial charge in [-0.2, -0.15) is 0 Å². The van der Waals surface area contributed by atoms with E-state index in [9.17, 15) is 0 Å². The predicted octanol–water partition coefficient (Wildman–Crippen LogP) is 0.479. The molecule has 2 heterocycles. The lowest BCUT2D eigenvalue weighted by Crippen LogP contribution is -2.50. The molecule has 0 spiro atoms. The number of hydrogen-bond donors (Lipinski definition) is 0. The fourth-order valence-corrected chi connectivity index (χ4v) is 1.55. The molecule has 0 N–H and O–H groups in total. The monoisotopic (exact) mass is 127 g/mol. The summed E-state index contributed by atoms with van der Waals surface area (Å²) in [4.78, 5) is 2.48. The summed E-state index contributed by atoms with van der Waals surface area (Å²) >= 11 is 0. The van der Waals surface area contributed by atoms with Gasteiger partial charge in [0.15, 0.2) is 0 Å². The highest BCUT2D eigenvalue weighted by Gasteiger charge is 2.40. The van der Waals surface area contributed by atoms with Crippen LogP contribution in [0.25, 0.3) is 0 Å². The summed E-state index contributed by atoms with van der Waals surface area (Å²) in [5.74, 6) is 0. The third kappa shape index (κ3) is 0.864. The molecule has 0 bridgehead atoms. The second-order valence-electron chi connectivity index (χ2n) is 2.86. The molecular formula is C7H13NO. The molecule has 2 atom stereocenters. The topological polar surface area (TPSA) is 15.8 Å². The van der Waals surface area contributed by atoms with Crippen molar-refractivity contribution in [3.05, 3.63) is 0 Å². The van der Waals surface area contributed by atoms with Crippen molar-refractivity contribution < 1.29 is 4.74 Å². The van der Waals surface area contributed by atoms with Crippen molar-refractivity contribution in [1.29, 1.82) is 0 Å². The molecule has 2 unspecified atom stereocenters. The SMILES string of the molecule is CCN1CCC1C1CO1. The van der Waals surface area contributed by atoms with Gasteiger partial charge in [0.05, 0.1) is 12.7 Å². The van der Waals surface area contributed by atoms with Crippen molar-refractivity contribution in [1.82, 2.24) is 4.90 Å². The van der Waals surface area contributed by atoms with E-state index in [0.717, 1.165) is 12.6 Å². The Labute approximate surface area is 55.8 Å². The van der Waals surface area contributed by atoms with Crippen LogP contribution in [-0.4, -0.2) is 36.7 Å². The first-order chi connectivity index (χ1) is 4.42. The lowest BCUT2D eigenvalue weighted by molar-refractivity contribution is 0.0731. The molecule has 0 saturated carbocycles. The maximum Gasteiger partial charge on any atom is 0.0965 e. The van der Waals surface area contributed by atoms with Gasteiger partial charge < -0.3 is 4.74 Å². The summed E-state index contributed by atoms with van der Waals surface area (Å²) in [6, 6.07) is 0.787. The van der Waals surface area contributed by atoms with E-state index in [4.69, 9.17) is 4.74 Å². The maximum absolute atomic E-state index is 5.20. The van der Waals surface area contributed by atoms with Crippen LogP contribution in [0.1, 0.15) is 13.3 Å². The van der Waals surface area contributed by atoms with Crippen molar-refractivity contribution in [2.45, 2.75) is 25.5 Å². The Kier molecular flexibility index (Phi) is 1.24. The van der Waals surface area contributed by atoms with Crippen LogP contribution in [0.2, 0.25) is 0 Å². The molecule has 2 heteroatoms. The van der Waals surface area contributed by atoms with Crippen molar-refractivity contribution in [3.63, 3.8) is 0 Å². The largest absolute Gasteiger partial charge is 0.371 e. The van der Waals surface area contributed by atoms with Gasteiger partial charge in [0.1, 0.15) is 0 Å². The molecule has 0 amide bonds. The highest BCUT2D eigenvalue weighted by Crippen LogP contribution is 2.28. The van der Waals surface area contributed by atoms with Crippen molar-refractivity contribution >= 4 is 0 Å². The van der Waals surface area contributed by atoms with Gasteiger partial charge in [-0.3, -0.25) is 4.90 Å². The first kappa shape index (κ1) is 5.69. The molecule has 52 valence electrons. The van der Waals surface area contributed by atoms with Gasteiger partial charge in [-0.15, -0.1) is 0 Å². The van der Waals surface area contributed by atoms with E-state index < -0.39 is 0 Å². The molecule has 2 fully saturated rings. The summed E-state index contributed by atoms with van der Waals surface area (Å²) in [5.41, 5.74) is 0. The van der Waals surface area contributed by atoms with E-state index in [0.29, 0.717) is 6.10 Å². The second kappa shape index (κ2) is 1.96. The fraction of sp³-hybridized carbons (Fsp3) is 1.00. The van der Waals surface area contributed by atoms with Crippen molar-refractivity contribution in [3.8, 4) is 0 Å². The van der Waals surface area contributed by atoms with Crippen LogP contribution in [-0.2, 0) is 4.74 Å². The van der Waals surface area contributed by atoms with Gasteiger partial charge in [-0.1, -0.05) is 6.92 Å². The average Bonchev–Trinajstić information content (AvgIpc) is 2.48. The van der Waals surface area contributed by atoms with E-state index in [-0.39, 0.29) is 0 Å². The van der Waals surface area contributed by atoms with Gasteiger partial charge in [0.25, 0.3) is 0 Å². The highest BCUT2D eigenvalue weighted by molar-refractivity contribution is 4.93. The normalized spacial score (nSPS) is 42.3. The number of hydrogen-bond acceptors (Lipinski definition) is 2. The molecule has 0 aromatic carbocycles. The first-order valence-electron chi connectivity index (χ1n) is 3.77. The molecule has 2 saturated heterocycles. The van der Waals surface area contributed by atoms with Gasteiger partial charge in [0.2, 0.25) is 0 Å². The zero-order valence-corrected chi connectivity index (χ0v) is 5.84. The molecular weight excluding hydrogens is 114 g/mol. The number of ether oxygens (including phenoxy) is 1. The van der Waals surface area contributed by atoms with Gasteiger partial charge in [-0.25, -0.2) is 0 Å². The van der Waals surface area contributed by atoms with E-state index in [1.807, 2.05) is 0 Å². The zero-order valence-electron chi connectivity index (χ0n) is 5.84. The summed E-state index contributed by atoms with van der Waals surface area (Å²) < 4.78 is 5.20. The highest BCUT2D eigenvalue weighted by atomic mass is 16.6.